The predicted octanol–water partition coefficient (Wildman–Crippen LogP) is 3.55. The summed E-state index contributed by atoms with van der Waals surface area (Å²) in [5, 5.41) is 8.03. The molecule has 0 aliphatic carbocycles. The van der Waals surface area contributed by atoms with Crippen LogP contribution >= 0.6 is 35.3 Å². The van der Waals surface area contributed by atoms with Crippen molar-refractivity contribution >= 4 is 41.3 Å². The number of piperidine rings is 1. The second-order valence-electron chi connectivity index (χ2n) is 7.53. The van der Waals surface area contributed by atoms with Gasteiger partial charge in [0.05, 0.1) is 17.2 Å². The number of nitrogens with zero attached hydrogens (tertiary/aromatic N) is 3. The van der Waals surface area contributed by atoms with Gasteiger partial charge in [-0.05, 0) is 53.0 Å². The van der Waals surface area contributed by atoms with Crippen LogP contribution in [0.25, 0.3) is 0 Å². The SMILES string of the molecule is CN=C(NCc1sc(C)nc1C)NCC(C)(C)N1CCCC(C)C1.I. The topological polar surface area (TPSA) is 52.6 Å². The Balaban J connectivity index is 0.00000312. The van der Waals surface area contributed by atoms with E-state index in [-0.39, 0.29) is 29.5 Å². The summed E-state index contributed by atoms with van der Waals surface area (Å²) < 4.78 is 0. The van der Waals surface area contributed by atoms with E-state index in [1.807, 2.05) is 7.05 Å². The zero-order chi connectivity index (χ0) is 17.7. The van der Waals surface area contributed by atoms with E-state index < -0.39 is 0 Å². The fraction of sp³-hybridized carbons (Fsp3) is 0.778. The van der Waals surface area contributed by atoms with E-state index in [1.165, 1.54) is 30.8 Å². The number of hydrogen-bond donors (Lipinski definition) is 2. The van der Waals surface area contributed by atoms with Crippen LogP contribution in [0.3, 0.4) is 0 Å². The minimum Gasteiger partial charge on any atom is -0.355 e. The number of halogens is 1. The molecule has 0 bridgehead atoms. The van der Waals surface area contributed by atoms with Crippen LogP contribution in [-0.4, -0.2) is 48.1 Å². The van der Waals surface area contributed by atoms with Crippen LogP contribution in [-0.2, 0) is 6.54 Å². The lowest BCUT2D eigenvalue weighted by Gasteiger charge is -2.43. The number of likely N-dealkylation sites (tertiary alicyclic amines) is 1. The Morgan fingerprint density at radius 3 is 2.64 bits per heavy atom. The largest absolute Gasteiger partial charge is 0.355 e. The molecule has 1 atom stereocenters. The van der Waals surface area contributed by atoms with Gasteiger partial charge in [0.2, 0.25) is 0 Å². The quantitative estimate of drug-likeness (QED) is 0.385. The number of aromatic nitrogens is 1. The number of guanidine groups is 1. The third-order valence-corrected chi connectivity index (χ3v) is 5.91. The number of hydrogen-bond acceptors (Lipinski definition) is 4. The maximum Gasteiger partial charge on any atom is 0.191 e. The number of rotatable bonds is 5. The Labute approximate surface area is 174 Å². The molecule has 0 radical (unpaired) electrons. The molecule has 144 valence electrons. The number of thiazole rings is 1. The third kappa shape index (κ3) is 6.67. The Hall–Kier alpha value is -0.410. The second kappa shape index (κ2) is 10.1. The average molecular weight is 479 g/mol. The molecule has 1 saturated heterocycles. The fourth-order valence-corrected chi connectivity index (χ4v) is 4.15. The molecule has 0 amide bonds. The summed E-state index contributed by atoms with van der Waals surface area (Å²) in [5.41, 5.74) is 1.24. The lowest BCUT2D eigenvalue weighted by Crippen LogP contribution is -2.55. The summed E-state index contributed by atoms with van der Waals surface area (Å²) in [6.07, 6.45) is 2.67. The van der Waals surface area contributed by atoms with E-state index in [0.29, 0.717) is 0 Å². The Morgan fingerprint density at radius 1 is 1.36 bits per heavy atom. The molecular formula is C18H34IN5S. The van der Waals surface area contributed by atoms with Crippen LogP contribution in [0.15, 0.2) is 4.99 Å². The first-order valence-corrected chi connectivity index (χ1v) is 9.76. The van der Waals surface area contributed by atoms with Crippen LogP contribution in [0.2, 0.25) is 0 Å². The molecule has 1 fully saturated rings. The summed E-state index contributed by atoms with van der Waals surface area (Å²) in [5.74, 6) is 1.66. The van der Waals surface area contributed by atoms with Crippen molar-refractivity contribution < 1.29 is 0 Å². The van der Waals surface area contributed by atoms with Gasteiger partial charge in [-0.15, -0.1) is 35.3 Å². The molecule has 5 nitrogen and oxygen atoms in total. The minimum atomic E-state index is 0. The molecule has 2 N–H and O–H groups in total. The molecule has 0 saturated carbocycles. The zero-order valence-electron chi connectivity index (χ0n) is 16.5. The van der Waals surface area contributed by atoms with E-state index in [2.05, 4.69) is 60.1 Å². The highest BCUT2D eigenvalue weighted by Gasteiger charge is 2.30. The van der Waals surface area contributed by atoms with Crippen molar-refractivity contribution in [3.05, 3.63) is 15.6 Å². The summed E-state index contributed by atoms with van der Waals surface area (Å²) in [6, 6.07) is 0. The normalized spacial score (nSPS) is 19.4. The molecule has 1 aliphatic heterocycles. The third-order valence-electron chi connectivity index (χ3n) is 4.84. The smallest absolute Gasteiger partial charge is 0.191 e. The molecule has 1 aromatic heterocycles. The fourth-order valence-electron chi connectivity index (χ4n) is 3.27. The van der Waals surface area contributed by atoms with Crippen LogP contribution in [0, 0.1) is 19.8 Å². The van der Waals surface area contributed by atoms with Gasteiger partial charge in [0.1, 0.15) is 0 Å². The van der Waals surface area contributed by atoms with Crippen LogP contribution in [0.5, 0.6) is 0 Å². The molecule has 1 aromatic rings. The van der Waals surface area contributed by atoms with Gasteiger partial charge in [0.25, 0.3) is 0 Å². The summed E-state index contributed by atoms with van der Waals surface area (Å²) in [4.78, 5) is 12.7. The van der Waals surface area contributed by atoms with Crippen molar-refractivity contribution in [3.63, 3.8) is 0 Å². The summed E-state index contributed by atoms with van der Waals surface area (Å²) >= 11 is 1.75. The maximum absolute atomic E-state index is 4.48. The van der Waals surface area contributed by atoms with Gasteiger partial charge in [0, 0.05) is 30.6 Å². The van der Waals surface area contributed by atoms with Crippen molar-refractivity contribution in [2.45, 2.75) is 59.5 Å². The van der Waals surface area contributed by atoms with Gasteiger partial charge in [-0.1, -0.05) is 6.92 Å². The molecule has 0 aromatic carbocycles. The van der Waals surface area contributed by atoms with Crippen molar-refractivity contribution in [1.29, 1.82) is 0 Å². The molecular weight excluding hydrogens is 445 g/mol. The Kier molecular flexibility index (Phi) is 9.11. The molecule has 2 rings (SSSR count). The number of nitrogens with one attached hydrogen (secondary N) is 2. The molecule has 25 heavy (non-hydrogen) atoms. The van der Waals surface area contributed by atoms with Crippen LogP contribution in [0.1, 0.15) is 49.2 Å². The van der Waals surface area contributed by atoms with Gasteiger partial charge in [-0.2, -0.15) is 0 Å². The van der Waals surface area contributed by atoms with Gasteiger partial charge < -0.3 is 10.6 Å². The highest BCUT2D eigenvalue weighted by atomic mass is 127. The summed E-state index contributed by atoms with van der Waals surface area (Å²) in [7, 11) is 1.83. The van der Waals surface area contributed by atoms with Gasteiger partial charge in [-0.25, -0.2) is 4.98 Å². The zero-order valence-corrected chi connectivity index (χ0v) is 19.6. The van der Waals surface area contributed by atoms with Gasteiger partial charge in [0.15, 0.2) is 5.96 Å². The summed E-state index contributed by atoms with van der Waals surface area (Å²) in [6.45, 7) is 15.2. The Morgan fingerprint density at radius 2 is 2.08 bits per heavy atom. The number of aliphatic imine (C=N–C) groups is 1. The van der Waals surface area contributed by atoms with E-state index in [4.69, 9.17) is 0 Å². The maximum atomic E-state index is 4.48. The van der Waals surface area contributed by atoms with Gasteiger partial charge >= 0.3 is 0 Å². The second-order valence-corrected chi connectivity index (χ2v) is 8.81. The highest BCUT2D eigenvalue weighted by molar-refractivity contribution is 14.0. The lowest BCUT2D eigenvalue weighted by molar-refractivity contribution is 0.0739. The van der Waals surface area contributed by atoms with E-state index >= 15 is 0 Å². The highest BCUT2D eigenvalue weighted by Crippen LogP contribution is 2.23. The first-order chi connectivity index (χ1) is 11.3. The molecule has 2 heterocycles. The monoisotopic (exact) mass is 479 g/mol. The first-order valence-electron chi connectivity index (χ1n) is 8.94. The number of aryl methyl sites for hydroxylation is 2. The van der Waals surface area contributed by atoms with Gasteiger partial charge in [-0.3, -0.25) is 9.89 Å². The molecule has 1 unspecified atom stereocenters. The lowest BCUT2D eigenvalue weighted by atomic mass is 9.93. The van der Waals surface area contributed by atoms with Crippen molar-refractivity contribution in [2.75, 3.05) is 26.7 Å². The predicted molar refractivity (Wildman–Crippen MR) is 119 cm³/mol. The molecule has 0 spiro atoms. The van der Waals surface area contributed by atoms with E-state index in [1.54, 1.807) is 11.3 Å². The van der Waals surface area contributed by atoms with Crippen LogP contribution < -0.4 is 10.6 Å². The van der Waals surface area contributed by atoms with Crippen LogP contribution in [0.4, 0.5) is 0 Å². The van der Waals surface area contributed by atoms with Crippen molar-refractivity contribution in [2.24, 2.45) is 10.9 Å². The van der Waals surface area contributed by atoms with E-state index in [9.17, 15) is 0 Å². The van der Waals surface area contributed by atoms with E-state index in [0.717, 1.165) is 35.7 Å². The van der Waals surface area contributed by atoms with Crippen molar-refractivity contribution in [1.82, 2.24) is 20.5 Å². The van der Waals surface area contributed by atoms with Crippen molar-refractivity contribution in [3.8, 4) is 0 Å². The average Bonchev–Trinajstić information content (AvgIpc) is 2.85. The minimum absolute atomic E-state index is 0. The molecule has 1 aliphatic rings. The standard InChI is InChI=1S/C18H33N5S.HI/c1-13-8-7-9-23(11-13)18(4,5)12-21-17(19-6)20-10-16-14(2)22-15(3)24-16;/h13H,7-12H2,1-6H3,(H2,19,20,21);1H. The molecule has 7 heteroatoms. The first kappa shape index (κ1) is 22.6. The Bertz CT molecular complexity index is 570.